The highest BCUT2D eigenvalue weighted by molar-refractivity contribution is 5.34. The molecule has 0 bridgehead atoms. The van der Waals surface area contributed by atoms with Gasteiger partial charge in [0.25, 0.3) is 0 Å². The van der Waals surface area contributed by atoms with E-state index in [1.54, 1.807) is 6.07 Å². The second kappa shape index (κ2) is 5.98. The van der Waals surface area contributed by atoms with Gasteiger partial charge in [-0.25, -0.2) is 0 Å². The Kier molecular flexibility index (Phi) is 4.23. The molecule has 1 heterocycles. The third-order valence-corrected chi connectivity index (χ3v) is 5.41. The average Bonchev–Trinajstić information content (AvgIpc) is 3.31. The first-order valence-electron chi connectivity index (χ1n) is 8.34. The molecule has 1 aromatic carbocycles. The number of rotatable bonds is 5. The summed E-state index contributed by atoms with van der Waals surface area (Å²) in [6, 6.07) is 7.51. The summed E-state index contributed by atoms with van der Waals surface area (Å²) < 4.78 is 0. The fraction of sp³-hybridized carbons (Fsp3) is 0.667. The molecule has 3 nitrogen and oxygen atoms in total. The molecule has 0 spiro atoms. The molecule has 2 fully saturated rings. The zero-order valence-corrected chi connectivity index (χ0v) is 13.0. The number of benzene rings is 1. The molecular formula is C18H27NO2. The van der Waals surface area contributed by atoms with E-state index in [-0.39, 0.29) is 11.5 Å². The van der Waals surface area contributed by atoms with Gasteiger partial charge < -0.3 is 15.1 Å². The van der Waals surface area contributed by atoms with Gasteiger partial charge in [0.1, 0.15) is 5.75 Å². The Bertz CT molecular complexity index is 476. The third kappa shape index (κ3) is 3.09. The molecule has 1 aromatic rings. The number of aliphatic hydroxyl groups excluding tert-OH is 1. The lowest BCUT2D eigenvalue weighted by molar-refractivity contribution is 0.0267. The van der Waals surface area contributed by atoms with Crippen LogP contribution >= 0.6 is 0 Å². The molecule has 1 saturated carbocycles. The van der Waals surface area contributed by atoms with E-state index in [0.29, 0.717) is 5.75 Å². The molecule has 1 aliphatic carbocycles. The number of nitrogens with zero attached hydrogens (tertiary/aromatic N) is 1. The summed E-state index contributed by atoms with van der Waals surface area (Å²) >= 11 is 0. The lowest BCUT2D eigenvalue weighted by Crippen LogP contribution is -2.49. The highest BCUT2D eigenvalue weighted by atomic mass is 16.3. The largest absolute Gasteiger partial charge is 0.508 e. The monoisotopic (exact) mass is 289 g/mol. The van der Waals surface area contributed by atoms with E-state index in [4.69, 9.17) is 0 Å². The van der Waals surface area contributed by atoms with Gasteiger partial charge >= 0.3 is 0 Å². The van der Waals surface area contributed by atoms with E-state index in [2.05, 4.69) is 11.0 Å². The standard InChI is InChI=1S/C18H27NO2/c1-2-17(21)18(15-4-3-5-16(20)12-15)8-10-19(11-9-18)13-14-6-7-14/h3-5,12,14,17,20-21H,2,6-11,13H2,1H3/t17-/m0/s1. The molecule has 0 unspecified atom stereocenters. The van der Waals surface area contributed by atoms with Gasteiger partial charge in [0.05, 0.1) is 6.10 Å². The Morgan fingerprint density at radius 1 is 1.29 bits per heavy atom. The molecule has 1 atom stereocenters. The molecule has 0 aromatic heterocycles. The van der Waals surface area contributed by atoms with Crippen molar-refractivity contribution in [2.75, 3.05) is 19.6 Å². The van der Waals surface area contributed by atoms with Crippen molar-refractivity contribution in [2.45, 2.75) is 50.5 Å². The molecule has 3 heteroatoms. The van der Waals surface area contributed by atoms with E-state index < -0.39 is 0 Å². The SMILES string of the molecule is CC[C@H](O)C1(c2cccc(O)c2)CCN(CC2CC2)CC1. The van der Waals surface area contributed by atoms with Crippen molar-refractivity contribution >= 4 is 0 Å². The number of aliphatic hydroxyl groups is 1. The van der Waals surface area contributed by atoms with Gasteiger partial charge in [-0.1, -0.05) is 19.1 Å². The number of hydrogen-bond acceptors (Lipinski definition) is 3. The van der Waals surface area contributed by atoms with E-state index >= 15 is 0 Å². The number of likely N-dealkylation sites (tertiary alicyclic amines) is 1. The number of piperidine rings is 1. The van der Waals surface area contributed by atoms with Crippen molar-refractivity contribution in [1.82, 2.24) is 4.90 Å². The second-order valence-electron chi connectivity index (χ2n) is 6.87. The topological polar surface area (TPSA) is 43.7 Å². The predicted octanol–water partition coefficient (Wildman–Crippen LogP) is 2.91. The van der Waals surface area contributed by atoms with Crippen LogP contribution in [-0.4, -0.2) is 40.9 Å². The van der Waals surface area contributed by atoms with Gasteiger partial charge in [-0.15, -0.1) is 0 Å². The van der Waals surface area contributed by atoms with E-state index in [9.17, 15) is 10.2 Å². The molecule has 116 valence electrons. The van der Waals surface area contributed by atoms with Crippen LogP contribution in [0, 0.1) is 5.92 Å². The summed E-state index contributed by atoms with van der Waals surface area (Å²) in [6.07, 6.45) is 5.19. The van der Waals surface area contributed by atoms with E-state index in [1.165, 1.54) is 19.4 Å². The molecule has 1 aliphatic heterocycles. The summed E-state index contributed by atoms with van der Waals surface area (Å²) in [4.78, 5) is 2.56. The van der Waals surface area contributed by atoms with Crippen molar-refractivity contribution in [3.05, 3.63) is 29.8 Å². The zero-order chi connectivity index (χ0) is 14.9. The third-order valence-electron chi connectivity index (χ3n) is 5.41. The Morgan fingerprint density at radius 3 is 2.57 bits per heavy atom. The van der Waals surface area contributed by atoms with E-state index in [1.807, 2.05) is 19.1 Å². The van der Waals surface area contributed by atoms with Crippen molar-refractivity contribution in [1.29, 1.82) is 0 Å². The highest BCUT2D eigenvalue weighted by Crippen LogP contribution is 2.41. The molecule has 21 heavy (non-hydrogen) atoms. The highest BCUT2D eigenvalue weighted by Gasteiger charge is 2.42. The van der Waals surface area contributed by atoms with Crippen LogP contribution in [0.3, 0.4) is 0 Å². The van der Waals surface area contributed by atoms with Crippen LogP contribution in [-0.2, 0) is 5.41 Å². The van der Waals surface area contributed by atoms with E-state index in [0.717, 1.165) is 43.8 Å². The first-order valence-corrected chi connectivity index (χ1v) is 8.34. The van der Waals surface area contributed by atoms with Crippen LogP contribution in [0.5, 0.6) is 5.75 Å². The lowest BCUT2D eigenvalue weighted by Gasteiger charge is -2.45. The summed E-state index contributed by atoms with van der Waals surface area (Å²) in [5.41, 5.74) is 0.913. The van der Waals surface area contributed by atoms with Gasteiger partial charge in [0, 0.05) is 12.0 Å². The Morgan fingerprint density at radius 2 is 2.00 bits per heavy atom. The minimum atomic E-state index is -0.331. The Balaban J connectivity index is 1.78. The molecule has 3 rings (SSSR count). The smallest absolute Gasteiger partial charge is 0.115 e. The maximum Gasteiger partial charge on any atom is 0.115 e. The first-order chi connectivity index (χ1) is 10.1. The second-order valence-corrected chi connectivity index (χ2v) is 6.87. The molecule has 0 amide bonds. The van der Waals surface area contributed by atoms with Crippen molar-refractivity contribution in [3.8, 4) is 5.75 Å². The van der Waals surface area contributed by atoms with Crippen molar-refractivity contribution in [2.24, 2.45) is 5.92 Å². The van der Waals surface area contributed by atoms with Crippen molar-refractivity contribution in [3.63, 3.8) is 0 Å². The minimum Gasteiger partial charge on any atom is -0.508 e. The first kappa shape index (κ1) is 14.9. The number of phenolic OH excluding ortho intramolecular Hbond substituents is 1. The van der Waals surface area contributed by atoms with Gasteiger partial charge in [-0.05, 0) is 68.8 Å². The van der Waals surface area contributed by atoms with Crippen LogP contribution in [0.4, 0.5) is 0 Å². The number of phenols is 1. The fourth-order valence-electron chi connectivity index (χ4n) is 3.82. The van der Waals surface area contributed by atoms with Gasteiger partial charge in [-0.3, -0.25) is 0 Å². The molecule has 0 radical (unpaired) electrons. The van der Waals surface area contributed by atoms with Crippen LogP contribution < -0.4 is 0 Å². The minimum absolute atomic E-state index is 0.187. The van der Waals surface area contributed by atoms with Crippen LogP contribution in [0.25, 0.3) is 0 Å². The molecule has 2 aliphatic rings. The molecule has 1 saturated heterocycles. The van der Waals surface area contributed by atoms with Crippen LogP contribution in [0.1, 0.15) is 44.6 Å². The van der Waals surface area contributed by atoms with Gasteiger partial charge in [0.2, 0.25) is 0 Å². The lowest BCUT2D eigenvalue weighted by atomic mass is 9.68. The molecule has 2 N–H and O–H groups in total. The Labute approximate surface area is 127 Å². The quantitative estimate of drug-likeness (QED) is 0.876. The summed E-state index contributed by atoms with van der Waals surface area (Å²) in [7, 11) is 0. The van der Waals surface area contributed by atoms with Crippen LogP contribution in [0.15, 0.2) is 24.3 Å². The van der Waals surface area contributed by atoms with Crippen LogP contribution in [0.2, 0.25) is 0 Å². The normalized spacial score (nSPS) is 23.9. The predicted molar refractivity (Wildman–Crippen MR) is 84.5 cm³/mol. The maximum atomic E-state index is 10.7. The van der Waals surface area contributed by atoms with Gasteiger partial charge in [-0.2, -0.15) is 0 Å². The summed E-state index contributed by atoms with van der Waals surface area (Å²) in [6.45, 7) is 5.40. The van der Waals surface area contributed by atoms with Gasteiger partial charge in [0.15, 0.2) is 0 Å². The number of aromatic hydroxyl groups is 1. The average molecular weight is 289 g/mol. The summed E-state index contributed by atoms with van der Waals surface area (Å²) in [5, 5.41) is 20.5. The maximum absolute atomic E-state index is 10.7. The zero-order valence-electron chi connectivity index (χ0n) is 13.0. The van der Waals surface area contributed by atoms with Crippen molar-refractivity contribution < 1.29 is 10.2 Å². The fourth-order valence-corrected chi connectivity index (χ4v) is 3.82. The number of hydrogen-bond donors (Lipinski definition) is 2. The molecular weight excluding hydrogens is 262 g/mol. The summed E-state index contributed by atoms with van der Waals surface area (Å²) in [5.74, 6) is 1.23. The Hall–Kier alpha value is -1.06.